The van der Waals surface area contributed by atoms with Crippen molar-refractivity contribution in [2.75, 3.05) is 21.3 Å². The molecule has 0 bridgehead atoms. The highest BCUT2D eigenvalue weighted by atomic mass is 16.5. The van der Waals surface area contributed by atoms with E-state index in [1.807, 2.05) is 0 Å². The highest BCUT2D eigenvalue weighted by molar-refractivity contribution is 5.35. The molecule has 0 spiro atoms. The molecule has 3 heteroatoms. The average Bonchev–Trinajstić information content (AvgIpc) is 2.89. The molecule has 0 fully saturated rings. The molecule has 35 heavy (non-hydrogen) atoms. The van der Waals surface area contributed by atoms with E-state index in [0.29, 0.717) is 35.5 Å². The molecule has 0 saturated carbocycles. The molecule has 3 aromatic carbocycles. The first kappa shape index (κ1) is 26.7. The van der Waals surface area contributed by atoms with Crippen LogP contribution in [0.5, 0.6) is 17.2 Å². The van der Waals surface area contributed by atoms with Gasteiger partial charge >= 0.3 is 0 Å². The third-order valence-corrected chi connectivity index (χ3v) is 7.85. The van der Waals surface area contributed by atoms with Crippen LogP contribution in [-0.2, 0) is 0 Å². The largest absolute Gasteiger partial charge is 0.497 e. The minimum absolute atomic E-state index is 0.368. The molecule has 188 valence electrons. The molecule has 5 unspecified atom stereocenters. The van der Waals surface area contributed by atoms with E-state index in [2.05, 4.69) is 107 Å². The van der Waals surface area contributed by atoms with Gasteiger partial charge in [0.05, 0.1) is 21.3 Å². The Bertz CT molecular complexity index is 1020. The van der Waals surface area contributed by atoms with Gasteiger partial charge in [0.25, 0.3) is 0 Å². The maximum Gasteiger partial charge on any atom is 0.118 e. The van der Waals surface area contributed by atoms with Crippen molar-refractivity contribution in [2.24, 2.45) is 17.8 Å². The van der Waals surface area contributed by atoms with Crippen molar-refractivity contribution >= 4 is 0 Å². The van der Waals surface area contributed by atoms with E-state index in [9.17, 15) is 0 Å². The van der Waals surface area contributed by atoms with Gasteiger partial charge in [0.2, 0.25) is 0 Å². The number of rotatable bonds is 11. The van der Waals surface area contributed by atoms with Crippen molar-refractivity contribution in [1.82, 2.24) is 0 Å². The molecular weight excluding hydrogens is 432 g/mol. The lowest BCUT2D eigenvalue weighted by Crippen LogP contribution is -2.28. The zero-order valence-electron chi connectivity index (χ0n) is 22.6. The van der Waals surface area contributed by atoms with E-state index in [4.69, 9.17) is 14.2 Å². The van der Waals surface area contributed by atoms with Crippen LogP contribution in [-0.4, -0.2) is 21.3 Å². The molecule has 0 aliphatic heterocycles. The lowest BCUT2D eigenvalue weighted by molar-refractivity contribution is 0.242. The van der Waals surface area contributed by atoms with Gasteiger partial charge in [0, 0.05) is 0 Å². The Morgan fingerprint density at radius 1 is 0.429 bits per heavy atom. The Morgan fingerprint density at radius 2 is 0.771 bits per heavy atom. The highest BCUT2D eigenvalue weighted by Crippen LogP contribution is 2.47. The van der Waals surface area contributed by atoms with Crippen molar-refractivity contribution < 1.29 is 14.2 Å². The summed E-state index contributed by atoms with van der Waals surface area (Å²) in [4.78, 5) is 0. The number of methoxy groups -OCH3 is 3. The Labute approximate surface area is 212 Å². The fraction of sp³-hybridized carbons (Fsp3) is 0.438. The second-order valence-corrected chi connectivity index (χ2v) is 10.1. The van der Waals surface area contributed by atoms with E-state index in [1.54, 1.807) is 21.3 Å². The van der Waals surface area contributed by atoms with Crippen LogP contribution in [0.2, 0.25) is 0 Å². The monoisotopic (exact) mass is 474 g/mol. The molecule has 0 aliphatic rings. The van der Waals surface area contributed by atoms with Gasteiger partial charge in [0.15, 0.2) is 0 Å². The van der Waals surface area contributed by atoms with Gasteiger partial charge in [-0.3, -0.25) is 0 Å². The molecule has 0 radical (unpaired) electrons. The summed E-state index contributed by atoms with van der Waals surface area (Å²) in [6.45, 7) is 11.9. The van der Waals surface area contributed by atoms with Crippen molar-refractivity contribution in [3.8, 4) is 17.2 Å². The Kier molecular flexibility index (Phi) is 9.26. The van der Waals surface area contributed by atoms with E-state index in [1.165, 1.54) is 16.7 Å². The van der Waals surface area contributed by atoms with Crippen molar-refractivity contribution in [2.45, 2.75) is 52.4 Å². The number of hydrogen-bond donors (Lipinski definition) is 0. The average molecular weight is 475 g/mol. The minimum Gasteiger partial charge on any atom is -0.497 e. The molecule has 0 heterocycles. The van der Waals surface area contributed by atoms with Gasteiger partial charge in [-0.2, -0.15) is 0 Å². The van der Waals surface area contributed by atoms with E-state index in [0.717, 1.165) is 17.2 Å². The van der Waals surface area contributed by atoms with Crippen molar-refractivity contribution in [3.63, 3.8) is 0 Å². The lowest BCUT2D eigenvalue weighted by Gasteiger charge is -2.40. The summed E-state index contributed by atoms with van der Waals surface area (Å²) in [6.07, 6.45) is 0. The van der Waals surface area contributed by atoms with Crippen LogP contribution in [0.15, 0.2) is 72.8 Å². The molecule has 0 saturated heterocycles. The molecule has 0 aromatic heterocycles. The first-order valence-corrected chi connectivity index (χ1v) is 12.7. The number of hydrogen-bond acceptors (Lipinski definition) is 3. The predicted molar refractivity (Wildman–Crippen MR) is 146 cm³/mol. The number of benzene rings is 3. The van der Waals surface area contributed by atoms with Gasteiger partial charge in [-0.1, -0.05) is 71.0 Å². The van der Waals surface area contributed by atoms with Crippen LogP contribution >= 0.6 is 0 Å². The summed E-state index contributed by atoms with van der Waals surface area (Å²) in [7, 11) is 5.16. The maximum absolute atomic E-state index is 5.46. The fourth-order valence-corrected chi connectivity index (χ4v) is 5.78. The summed E-state index contributed by atoms with van der Waals surface area (Å²) in [5.41, 5.74) is 4.08. The van der Waals surface area contributed by atoms with Gasteiger partial charge in [-0.15, -0.1) is 0 Å². The summed E-state index contributed by atoms with van der Waals surface area (Å²) >= 11 is 0. The molecule has 3 nitrogen and oxygen atoms in total. The zero-order chi connectivity index (χ0) is 25.5. The van der Waals surface area contributed by atoms with Crippen LogP contribution in [0.1, 0.15) is 69.1 Å². The fourth-order valence-electron chi connectivity index (χ4n) is 5.78. The van der Waals surface area contributed by atoms with Gasteiger partial charge < -0.3 is 14.2 Å². The molecule has 3 aromatic rings. The van der Waals surface area contributed by atoms with Crippen LogP contribution < -0.4 is 14.2 Å². The summed E-state index contributed by atoms with van der Waals surface area (Å²) in [5, 5.41) is 0. The molecule has 3 rings (SSSR count). The second-order valence-electron chi connectivity index (χ2n) is 10.1. The number of ether oxygens (including phenoxy) is 3. The zero-order valence-corrected chi connectivity index (χ0v) is 22.6. The lowest BCUT2D eigenvalue weighted by atomic mass is 9.65. The topological polar surface area (TPSA) is 27.7 Å². The van der Waals surface area contributed by atoms with Gasteiger partial charge in [-0.25, -0.2) is 0 Å². The minimum atomic E-state index is 0.368. The third-order valence-electron chi connectivity index (χ3n) is 7.85. The summed E-state index contributed by atoms with van der Waals surface area (Å²) in [5.74, 6) is 5.21. The van der Waals surface area contributed by atoms with Crippen LogP contribution in [0.4, 0.5) is 0 Å². The highest BCUT2D eigenvalue weighted by Gasteiger charge is 2.35. The van der Waals surface area contributed by atoms with E-state index >= 15 is 0 Å². The Hall–Kier alpha value is -2.94. The quantitative estimate of drug-likeness (QED) is 0.280. The molecule has 0 amide bonds. The Morgan fingerprint density at radius 3 is 1.11 bits per heavy atom. The summed E-state index contributed by atoms with van der Waals surface area (Å²) in [6, 6.07) is 25.9. The van der Waals surface area contributed by atoms with Gasteiger partial charge in [-0.05, 0) is 88.6 Å². The predicted octanol–water partition coefficient (Wildman–Crippen LogP) is 8.31. The van der Waals surface area contributed by atoms with Gasteiger partial charge in [0.1, 0.15) is 17.2 Å². The van der Waals surface area contributed by atoms with Crippen LogP contribution in [0, 0.1) is 17.8 Å². The molecule has 0 aliphatic carbocycles. The molecule has 5 atom stereocenters. The first-order valence-electron chi connectivity index (χ1n) is 12.7. The molecule has 0 N–H and O–H groups in total. The third kappa shape index (κ3) is 6.20. The standard InChI is InChI=1S/C32H42O3/c1-21(2)31(26-11-17-29(34-7)18-12-26)24(5)32(27-13-19-30(35-8)20-14-27)23(4)22(3)25-9-15-28(33-6)16-10-25/h9-24,31-32H,1-8H3. The summed E-state index contributed by atoms with van der Waals surface area (Å²) < 4.78 is 16.3. The van der Waals surface area contributed by atoms with Crippen LogP contribution in [0.3, 0.4) is 0 Å². The van der Waals surface area contributed by atoms with Crippen molar-refractivity contribution in [1.29, 1.82) is 0 Å². The Balaban J connectivity index is 2.02. The molecular formula is C32H42O3. The van der Waals surface area contributed by atoms with Crippen molar-refractivity contribution in [3.05, 3.63) is 89.5 Å². The maximum atomic E-state index is 5.46. The van der Waals surface area contributed by atoms with E-state index < -0.39 is 0 Å². The smallest absolute Gasteiger partial charge is 0.118 e. The van der Waals surface area contributed by atoms with E-state index in [-0.39, 0.29) is 0 Å². The second kappa shape index (κ2) is 12.2. The SMILES string of the molecule is COc1ccc(C(C)C(C)C(c2ccc(OC)cc2)C(C)C(c2ccc(OC)cc2)C(C)C)cc1. The first-order chi connectivity index (χ1) is 16.8. The normalized spacial score (nSPS) is 15.7. The van der Waals surface area contributed by atoms with Crippen LogP contribution in [0.25, 0.3) is 0 Å².